The van der Waals surface area contributed by atoms with Gasteiger partial charge in [0, 0.05) is 6.04 Å². The highest BCUT2D eigenvalue weighted by Gasteiger charge is 2.23. The fourth-order valence-electron chi connectivity index (χ4n) is 3.13. The number of carbonyl (C=O) groups is 3. The van der Waals surface area contributed by atoms with E-state index in [0.29, 0.717) is 0 Å². The Labute approximate surface area is 154 Å². The van der Waals surface area contributed by atoms with Crippen LogP contribution in [0.3, 0.4) is 0 Å². The number of benzene rings is 1. The van der Waals surface area contributed by atoms with Crippen molar-refractivity contribution in [1.82, 2.24) is 10.6 Å². The van der Waals surface area contributed by atoms with Crippen LogP contribution in [-0.4, -0.2) is 30.1 Å². The molecule has 0 aromatic heterocycles. The summed E-state index contributed by atoms with van der Waals surface area (Å²) in [6.45, 7) is 3.40. The van der Waals surface area contributed by atoms with Crippen LogP contribution < -0.4 is 10.6 Å². The van der Waals surface area contributed by atoms with Crippen molar-refractivity contribution < 1.29 is 19.1 Å². The van der Waals surface area contributed by atoms with Crippen LogP contribution in [0.5, 0.6) is 0 Å². The van der Waals surface area contributed by atoms with Gasteiger partial charge in [0.15, 0.2) is 6.10 Å². The molecule has 1 fully saturated rings. The van der Waals surface area contributed by atoms with Crippen molar-refractivity contribution in [1.29, 1.82) is 0 Å². The lowest BCUT2D eigenvalue weighted by Gasteiger charge is -2.23. The molecule has 0 saturated heterocycles. The van der Waals surface area contributed by atoms with Crippen LogP contribution in [0.15, 0.2) is 30.3 Å². The first-order chi connectivity index (χ1) is 12.5. The van der Waals surface area contributed by atoms with Gasteiger partial charge in [-0.1, -0.05) is 56.5 Å². The van der Waals surface area contributed by atoms with E-state index in [1.54, 1.807) is 0 Å². The van der Waals surface area contributed by atoms with E-state index in [9.17, 15) is 14.4 Å². The first-order valence-electron chi connectivity index (χ1n) is 9.31. The molecule has 2 rings (SSSR count). The van der Waals surface area contributed by atoms with Gasteiger partial charge in [0.05, 0.1) is 6.42 Å². The van der Waals surface area contributed by atoms with Crippen molar-refractivity contribution >= 4 is 17.9 Å². The third-order valence-corrected chi connectivity index (χ3v) is 4.70. The monoisotopic (exact) mass is 360 g/mol. The van der Waals surface area contributed by atoms with Crippen LogP contribution in [0.4, 0.5) is 4.79 Å². The van der Waals surface area contributed by atoms with Gasteiger partial charge in [-0.2, -0.15) is 0 Å². The van der Waals surface area contributed by atoms with Gasteiger partial charge in [0.25, 0.3) is 5.91 Å². The molecule has 6 nitrogen and oxygen atoms in total. The maximum Gasteiger partial charge on any atom is 0.321 e. The molecule has 0 bridgehead atoms. The molecule has 0 aliphatic heterocycles. The minimum atomic E-state index is -1.01. The second-order valence-electron chi connectivity index (χ2n) is 6.95. The van der Waals surface area contributed by atoms with Crippen LogP contribution in [0, 0.1) is 0 Å². The van der Waals surface area contributed by atoms with Gasteiger partial charge in [-0.05, 0) is 31.2 Å². The second kappa shape index (κ2) is 9.94. The summed E-state index contributed by atoms with van der Waals surface area (Å²) in [4.78, 5) is 36.0. The number of hydrogen-bond acceptors (Lipinski definition) is 4. The standard InChI is InChI=1S/C20H28N2O4/c1-14(16-9-5-3-6-10-16)13-18(23)26-15(2)19(24)22-20(25)21-17-11-7-4-8-12-17/h3,5-6,9-10,14-15,17H,4,7-8,11-13H2,1-2H3,(H2,21,22,24,25)/t14-,15-/m0/s1. The molecule has 6 heteroatoms. The van der Waals surface area contributed by atoms with Crippen LogP contribution in [0.25, 0.3) is 0 Å². The molecule has 2 atom stereocenters. The van der Waals surface area contributed by atoms with Crippen molar-refractivity contribution in [2.45, 2.75) is 70.4 Å². The van der Waals surface area contributed by atoms with E-state index in [4.69, 9.17) is 4.74 Å². The highest BCUT2D eigenvalue weighted by molar-refractivity contribution is 5.97. The summed E-state index contributed by atoms with van der Waals surface area (Å²) < 4.78 is 5.16. The summed E-state index contributed by atoms with van der Waals surface area (Å²) in [7, 11) is 0. The van der Waals surface area contributed by atoms with E-state index < -0.39 is 24.0 Å². The summed E-state index contributed by atoms with van der Waals surface area (Å²) >= 11 is 0. The quantitative estimate of drug-likeness (QED) is 0.763. The van der Waals surface area contributed by atoms with E-state index >= 15 is 0 Å². The van der Waals surface area contributed by atoms with Gasteiger partial charge in [-0.3, -0.25) is 14.9 Å². The second-order valence-corrected chi connectivity index (χ2v) is 6.95. The summed E-state index contributed by atoms with van der Waals surface area (Å²) in [5, 5.41) is 5.05. The number of nitrogens with one attached hydrogen (secondary N) is 2. The first-order valence-corrected chi connectivity index (χ1v) is 9.31. The molecule has 0 heterocycles. The predicted molar refractivity (Wildman–Crippen MR) is 98.6 cm³/mol. The summed E-state index contributed by atoms with van der Waals surface area (Å²) in [6.07, 6.45) is 4.40. The number of hydrogen-bond donors (Lipinski definition) is 2. The molecule has 2 N–H and O–H groups in total. The maximum atomic E-state index is 12.0. The average molecular weight is 360 g/mol. The lowest BCUT2D eigenvalue weighted by atomic mass is 9.96. The Morgan fingerprint density at radius 2 is 1.73 bits per heavy atom. The zero-order valence-corrected chi connectivity index (χ0v) is 15.5. The van der Waals surface area contributed by atoms with Crippen LogP contribution >= 0.6 is 0 Å². The predicted octanol–water partition coefficient (Wildman–Crippen LogP) is 3.27. The summed E-state index contributed by atoms with van der Waals surface area (Å²) in [5.74, 6) is -1.08. The highest BCUT2D eigenvalue weighted by Crippen LogP contribution is 2.19. The Hall–Kier alpha value is -2.37. The van der Waals surface area contributed by atoms with Gasteiger partial charge < -0.3 is 10.1 Å². The van der Waals surface area contributed by atoms with Crippen molar-refractivity contribution in [2.75, 3.05) is 0 Å². The minimum absolute atomic E-state index is 0.00596. The molecule has 1 saturated carbocycles. The SMILES string of the molecule is C[C@H](OC(=O)C[C@H](C)c1ccccc1)C(=O)NC(=O)NC1CCCCC1. The number of esters is 1. The first kappa shape index (κ1) is 19.9. The zero-order chi connectivity index (χ0) is 18.9. The number of ether oxygens (including phenoxy) is 1. The maximum absolute atomic E-state index is 12.0. The largest absolute Gasteiger partial charge is 0.453 e. The summed E-state index contributed by atoms with van der Waals surface area (Å²) in [5.41, 5.74) is 1.04. The minimum Gasteiger partial charge on any atom is -0.453 e. The molecule has 1 aliphatic rings. The Bertz CT molecular complexity index is 611. The molecular weight excluding hydrogens is 332 g/mol. The number of amides is 3. The van der Waals surface area contributed by atoms with Gasteiger partial charge in [-0.25, -0.2) is 4.79 Å². The Balaban J connectivity index is 1.73. The lowest BCUT2D eigenvalue weighted by Crippen LogP contribution is -2.48. The van der Waals surface area contributed by atoms with Gasteiger partial charge >= 0.3 is 12.0 Å². The number of urea groups is 1. The fraction of sp³-hybridized carbons (Fsp3) is 0.550. The molecule has 0 spiro atoms. The molecule has 3 amide bonds. The average Bonchev–Trinajstić information content (AvgIpc) is 2.62. The Morgan fingerprint density at radius 1 is 1.08 bits per heavy atom. The van der Waals surface area contributed by atoms with Crippen molar-refractivity contribution in [3.63, 3.8) is 0 Å². The van der Waals surface area contributed by atoms with Gasteiger partial charge in [0.2, 0.25) is 0 Å². The van der Waals surface area contributed by atoms with Gasteiger partial charge in [-0.15, -0.1) is 0 Å². The third-order valence-electron chi connectivity index (χ3n) is 4.70. The zero-order valence-electron chi connectivity index (χ0n) is 15.5. The molecular formula is C20H28N2O4. The smallest absolute Gasteiger partial charge is 0.321 e. The molecule has 1 aromatic rings. The van der Waals surface area contributed by atoms with Crippen molar-refractivity contribution in [3.8, 4) is 0 Å². The number of carbonyl (C=O) groups excluding carboxylic acids is 3. The van der Waals surface area contributed by atoms with Crippen molar-refractivity contribution in [3.05, 3.63) is 35.9 Å². The Kier molecular flexibility index (Phi) is 7.63. The molecule has 1 aromatic carbocycles. The molecule has 1 aliphatic carbocycles. The van der Waals surface area contributed by atoms with Crippen molar-refractivity contribution in [2.24, 2.45) is 0 Å². The summed E-state index contributed by atoms with van der Waals surface area (Å²) in [6, 6.07) is 9.23. The van der Waals surface area contributed by atoms with Crippen LogP contribution in [0.2, 0.25) is 0 Å². The topological polar surface area (TPSA) is 84.5 Å². The lowest BCUT2D eigenvalue weighted by molar-refractivity contribution is -0.154. The van der Waals surface area contributed by atoms with E-state index in [1.165, 1.54) is 13.3 Å². The normalized spacial score (nSPS) is 17.0. The van der Waals surface area contributed by atoms with E-state index in [2.05, 4.69) is 10.6 Å². The number of rotatable bonds is 6. The molecule has 0 radical (unpaired) electrons. The fourth-order valence-corrected chi connectivity index (χ4v) is 3.13. The molecule has 26 heavy (non-hydrogen) atoms. The number of imide groups is 1. The van der Waals surface area contributed by atoms with Crippen LogP contribution in [0.1, 0.15) is 63.9 Å². The van der Waals surface area contributed by atoms with E-state index in [-0.39, 0.29) is 18.4 Å². The van der Waals surface area contributed by atoms with Gasteiger partial charge in [0.1, 0.15) is 0 Å². The Morgan fingerprint density at radius 3 is 2.38 bits per heavy atom. The molecule has 142 valence electrons. The third kappa shape index (κ3) is 6.50. The van der Waals surface area contributed by atoms with E-state index in [1.807, 2.05) is 37.3 Å². The highest BCUT2D eigenvalue weighted by atomic mass is 16.5. The van der Waals surface area contributed by atoms with E-state index in [0.717, 1.165) is 31.2 Å². The molecule has 0 unspecified atom stereocenters. The van der Waals surface area contributed by atoms with Crippen LogP contribution in [-0.2, 0) is 14.3 Å².